The van der Waals surface area contributed by atoms with Crippen molar-refractivity contribution in [2.45, 2.75) is 26.4 Å². The second-order valence-electron chi connectivity index (χ2n) is 10.6. The van der Waals surface area contributed by atoms with E-state index >= 15 is 0 Å². The molecule has 12 heteroatoms. The zero-order valence-corrected chi connectivity index (χ0v) is 25.3. The summed E-state index contributed by atoms with van der Waals surface area (Å²) in [6.07, 6.45) is 5.57. The van der Waals surface area contributed by atoms with Crippen LogP contribution in [0.3, 0.4) is 0 Å². The van der Waals surface area contributed by atoms with Gasteiger partial charge in [0.15, 0.2) is 11.5 Å². The molecule has 3 N–H and O–H groups in total. The standard InChI is InChI=1S/C33H29ClN8O3/c1-20-9-6-7-12-23(20)33(45)40(19-43)15-16-41-18-25-26(34)17-24(27(29(25)38-41)22-10-4-3-5-11-22)21(2)37-32(44)28-30(35)39-42-14-8-13-36-31(28)42/h3-14,17-19,21H,15-16H2,1-2H3,(H2,35,39)(H,37,44). The second kappa shape index (κ2) is 12.2. The number of carbonyl (C=O) groups excluding carboxylic acids is 3. The Morgan fingerprint density at radius 2 is 1.84 bits per heavy atom. The van der Waals surface area contributed by atoms with Gasteiger partial charge in [0.25, 0.3) is 11.8 Å². The van der Waals surface area contributed by atoms with Gasteiger partial charge < -0.3 is 11.1 Å². The summed E-state index contributed by atoms with van der Waals surface area (Å²) in [5, 5.41) is 13.2. The lowest BCUT2D eigenvalue weighted by atomic mass is 9.93. The van der Waals surface area contributed by atoms with Crippen molar-refractivity contribution in [1.29, 1.82) is 0 Å². The normalized spacial score (nSPS) is 11.9. The van der Waals surface area contributed by atoms with Crippen LogP contribution in [0.4, 0.5) is 5.82 Å². The van der Waals surface area contributed by atoms with Crippen LogP contribution in [0.2, 0.25) is 5.02 Å². The molecule has 226 valence electrons. The number of benzene rings is 3. The molecule has 6 rings (SSSR count). The van der Waals surface area contributed by atoms with Crippen LogP contribution in [0, 0.1) is 6.92 Å². The number of nitrogens with two attached hydrogens (primary N) is 1. The topological polar surface area (TPSA) is 141 Å². The van der Waals surface area contributed by atoms with Crippen LogP contribution >= 0.6 is 11.6 Å². The molecule has 3 aromatic carbocycles. The van der Waals surface area contributed by atoms with E-state index in [0.29, 0.717) is 33.5 Å². The lowest BCUT2D eigenvalue weighted by molar-refractivity contribution is -0.116. The highest BCUT2D eigenvalue weighted by Gasteiger charge is 2.25. The molecule has 0 aliphatic heterocycles. The van der Waals surface area contributed by atoms with Crippen molar-refractivity contribution < 1.29 is 14.4 Å². The van der Waals surface area contributed by atoms with Crippen molar-refractivity contribution in [2.24, 2.45) is 0 Å². The van der Waals surface area contributed by atoms with Crippen LogP contribution < -0.4 is 11.1 Å². The van der Waals surface area contributed by atoms with Crippen molar-refractivity contribution in [1.82, 2.24) is 34.6 Å². The molecule has 0 radical (unpaired) electrons. The SMILES string of the molecule is Cc1ccccc1C(=O)N(C=O)CCn1cc2c(Cl)cc(C(C)NC(=O)c3c(N)nn4cccnc34)c(-c3ccccc3)c2n1. The summed E-state index contributed by atoms with van der Waals surface area (Å²) in [6.45, 7) is 4.04. The number of halogens is 1. The van der Waals surface area contributed by atoms with E-state index in [0.717, 1.165) is 27.2 Å². The van der Waals surface area contributed by atoms with Crippen LogP contribution in [0.1, 0.15) is 44.8 Å². The highest BCUT2D eigenvalue weighted by molar-refractivity contribution is 6.36. The number of nitrogen functional groups attached to an aromatic ring is 1. The fourth-order valence-electron chi connectivity index (χ4n) is 5.42. The number of hydrogen-bond acceptors (Lipinski definition) is 7. The first-order chi connectivity index (χ1) is 21.8. The number of amides is 3. The van der Waals surface area contributed by atoms with Gasteiger partial charge >= 0.3 is 0 Å². The van der Waals surface area contributed by atoms with Crippen molar-refractivity contribution in [2.75, 3.05) is 12.3 Å². The van der Waals surface area contributed by atoms with Gasteiger partial charge in [-0.15, -0.1) is 5.10 Å². The monoisotopic (exact) mass is 620 g/mol. The average molecular weight is 621 g/mol. The smallest absolute Gasteiger partial charge is 0.260 e. The lowest BCUT2D eigenvalue weighted by Gasteiger charge is -2.19. The molecule has 11 nitrogen and oxygen atoms in total. The van der Waals surface area contributed by atoms with Crippen molar-refractivity contribution in [3.05, 3.63) is 113 Å². The number of rotatable bonds is 9. The molecular formula is C33H29ClN8O3. The van der Waals surface area contributed by atoms with Crippen LogP contribution in [-0.4, -0.2) is 54.0 Å². The highest BCUT2D eigenvalue weighted by Crippen LogP contribution is 2.38. The Morgan fingerprint density at radius 3 is 2.60 bits per heavy atom. The predicted octanol–water partition coefficient (Wildman–Crippen LogP) is 5.08. The zero-order valence-electron chi connectivity index (χ0n) is 24.5. The van der Waals surface area contributed by atoms with Crippen molar-refractivity contribution in [3.8, 4) is 11.1 Å². The predicted molar refractivity (Wildman–Crippen MR) is 172 cm³/mol. The molecule has 45 heavy (non-hydrogen) atoms. The van der Waals surface area contributed by atoms with Crippen LogP contribution in [0.15, 0.2) is 85.3 Å². The van der Waals surface area contributed by atoms with Gasteiger partial charge in [0.2, 0.25) is 6.41 Å². The number of hydrogen-bond donors (Lipinski definition) is 2. The molecule has 0 spiro atoms. The molecule has 6 aromatic rings. The van der Waals surface area contributed by atoms with Gasteiger partial charge in [-0.1, -0.05) is 60.1 Å². The first kappa shape index (κ1) is 29.5. The minimum absolute atomic E-state index is 0.0687. The molecule has 3 heterocycles. The summed E-state index contributed by atoms with van der Waals surface area (Å²) in [7, 11) is 0. The van der Waals surface area contributed by atoms with Crippen molar-refractivity contribution in [3.63, 3.8) is 0 Å². The van der Waals surface area contributed by atoms with Crippen LogP contribution in [0.5, 0.6) is 0 Å². The quantitative estimate of drug-likeness (QED) is 0.215. The maximum absolute atomic E-state index is 13.5. The van der Waals surface area contributed by atoms with Gasteiger partial charge in [-0.25, -0.2) is 9.50 Å². The van der Waals surface area contributed by atoms with E-state index in [1.807, 2.05) is 62.4 Å². The fourth-order valence-corrected chi connectivity index (χ4v) is 5.67. The Balaban J connectivity index is 1.34. The van der Waals surface area contributed by atoms with E-state index in [-0.39, 0.29) is 30.4 Å². The van der Waals surface area contributed by atoms with E-state index < -0.39 is 11.9 Å². The number of carbonyl (C=O) groups is 3. The van der Waals surface area contributed by atoms with E-state index in [2.05, 4.69) is 15.4 Å². The summed E-state index contributed by atoms with van der Waals surface area (Å²) < 4.78 is 3.13. The number of fused-ring (bicyclic) bond motifs is 2. The van der Waals surface area contributed by atoms with Crippen molar-refractivity contribution >= 4 is 52.2 Å². The number of aromatic nitrogens is 5. The largest absolute Gasteiger partial charge is 0.381 e. The van der Waals surface area contributed by atoms with Gasteiger partial charge in [-0.05, 0) is 48.7 Å². The molecule has 3 aromatic heterocycles. The molecule has 0 aliphatic carbocycles. The summed E-state index contributed by atoms with van der Waals surface area (Å²) >= 11 is 6.83. The Kier molecular flexibility index (Phi) is 8.01. The van der Waals surface area contributed by atoms with Gasteiger partial charge in [0.05, 0.1) is 17.6 Å². The Morgan fingerprint density at radius 1 is 1.09 bits per heavy atom. The molecule has 0 bridgehead atoms. The van der Waals surface area contributed by atoms with Gasteiger partial charge in [0.1, 0.15) is 11.1 Å². The van der Waals surface area contributed by atoms with E-state index in [4.69, 9.17) is 22.4 Å². The number of imide groups is 1. The number of nitrogens with zero attached hydrogens (tertiary/aromatic N) is 6. The maximum atomic E-state index is 13.5. The molecule has 3 amide bonds. The molecule has 1 unspecified atom stereocenters. The summed E-state index contributed by atoms with van der Waals surface area (Å²) in [5.74, 6) is -0.738. The molecule has 1 atom stereocenters. The fraction of sp³-hybridized carbons (Fsp3) is 0.152. The lowest BCUT2D eigenvalue weighted by Crippen LogP contribution is -2.33. The van der Waals surface area contributed by atoms with Gasteiger partial charge in [-0.3, -0.25) is 24.0 Å². The third-order valence-electron chi connectivity index (χ3n) is 7.69. The zero-order chi connectivity index (χ0) is 31.7. The van der Waals surface area contributed by atoms with Crippen LogP contribution in [0.25, 0.3) is 27.7 Å². The molecule has 0 aliphatic rings. The summed E-state index contributed by atoms with van der Waals surface area (Å²) in [4.78, 5) is 43.9. The second-order valence-corrected chi connectivity index (χ2v) is 11.0. The number of aryl methyl sites for hydroxylation is 1. The summed E-state index contributed by atoms with van der Waals surface area (Å²) in [6, 6.07) is 19.8. The Bertz CT molecular complexity index is 2070. The van der Waals surface area contributed by atoms with Crippen LogP contribution in [-0.2, 0) is 11.3 Å². The molecular weight excluding hydrogens is 592 g/mol. The molecule has 0 fully saturated rings. The third-order valence-corrected chi connectivity index (χ3v) is 8.00. The van der Waals surface area contributed by atoms with E-state index in [9.17, 15) is 14.4 Å². The minimum atomic E-state index is -0.518. The van der Waals surface area contributed by atoms with Gasteiger partial charge in [-0.2, -0.15) is 5.10 Å². The molecule has 0 saturated heterocycles. The Labute approximate surface area is 263 Å². The van der Waals surface area contributed by atoms with E-state index in [1.165, 1.54) is 4.52 Å². The van der Waals surface area contributed by atoms with Gasteiger partial charge in [0, 0.05) is 41.6 Å². The first-order valence-electron chi connectivity index (χ1n) is 14.2. The maximum Gasteiger partial charge on any atom is 0.260 e. The van der Waals surface area contributed by atoms with E-state index in [1.54, 1.807) is 41.5 Å². The Hall–Kier alpha value is -5.55. The average Bonchev–Trinajstić information content (AvgIpc) is 3.62. The highest BCUT2D eigenvalue weighted by atomic mass is 35.5. The third kappa shape index (κ3) is 5.61. The first-order valence-corrected chi connectivity index (χ1v) is 14.6. The number of anilines is 1. The summed E-state index contributed by atoms with van der Waals surface area (Å²) in [5.41, 5.74) is 10.9. The minimum Gasteiger partial charge on any atom is -0.381 e. The molecule has 0 saturated carbocycles. The number of nitrogens with one attached hydrogen (secondary N) is 1.